The lowest BCUT2D eigenvalue weighted by molar-refractivity contribution is -0.115. The van der Waals surface area contributed by atoms with Crippen LogP contribution in [0.4, 0.5) is 5.69 Å². The van der Waals surface area contributed by atoms with Crippen LogP contribution in [-0.2, 0) is 11.2 Å². The molecule has 1 aliphatic rings. The first-order valence-electron chi connectivity index (χ1n) is 4.99. The molecule has 0 saturated carbocycles. The van der Waals surface area contributed by atoms with Gasteiger partial charge >= 0.3 is 0 Å². The Morgan fingerprint density at radius 1 is 1.60 bits per heavy atom. The van der Waals surface area contributed by atoms with E-state index in [-0.39, 0.29) is 11.9 Å². The molecule has 1 aromatic rings. The summed E-state index contributed by atoms with van der Waals surface area (Å²) in [4.78, 5) is 11.3. The van der Waals surface area contributed by atoms with Crippen LogP contribution >= 0.6 is 15.9 Å². The fourth-order valence-electron chi connectivity index (χ4n) is 1.85. The van der Waals surface area contributed by atoms with Crippen molar-refractivity contribution in [2.24, 2.45) is 5.73 Å². The topological polar surface area (TPSA) is 55.1 Å². The number of amides is 1. The monoisotopic (exact) mass is 268 g/mol. The molecular weight excluding hydrogens is 256 g/mol. The van der Waals surface area contributed by atoms with E-state index in [0.29, 0.717) is 6.42 Å². The number of anilines is 1. The molecule has 0 aromatic heterocycles. The minimum atomic E-state index is -0.0188. The molecule has 0 aliphatic carbocycles. The van der Waals surface area contributed by atoms with Gasteiger partial charge in [0.1, 0.15) is 0 Å². The summed E-state index contributed by atoms with van der Waals surface area (Å²) >= 11 is 3.44. The molecule has 80 valence electrons. The number of rotatable bonds is 2. The molecule has 1 aliphatic heterocycles. The zero-order valence-electron chi connectivity index (χ0n) is 8.51. The second-order valence-electron chi connectivity index (χ2n) is 3.77. The summed E-state index contributed by atoms with van der Waals surface area (Å²) in [5, 5.41) is 2.87. The highest BCUT2D eigenvalue weighted by Crippen LogP contribution is 2.34. The van der Waals surface area contributed by atoms with E-state index in [0.717, 1.165) is 27.7 Å². The van der Waals surface area contributed by atoms with E-state index in [4.69, 9.17) is 5.73 Å². The number of carbonyl (C=O) groups is 1. The van der Waals surface area contributed by atoms with Gasteiger partial charge in [0, 0.05) is 16.2 Å². The number of halogens is 1. The van der Waals surface area contributed by atoms with Gasteiger partial charge in [-0.3, -0.25) is 4.79 Å². The molecule has 0 spiro atoms. The highest BCUT2D eigenvalue weighted by molar-refractivity contribution is 9.10. The number of fused-ring (bicyclic) bond motifs is 1. The van der Waals surface area contributed by atoms with Crippen molar-refractivity contribution in [3.8, 4) is 0 Å². The molecule has 1 atom stereocenters. The van der Waals surface area contributed by atoms with Gasteiger partial charge in [-0.1, -0.05) is 22.9 Å². The van der Waals surface area contributed by atoms with Gasteiger partial charge in [-0.15, -0.1) is 0 Å². The van der Waals surface area contributed by atoms with Gasteiger partial charge in [-0.2, -0.15) is 0 Å². The standard InChI is InChI=1S/C11H13BrN2O/c1-2-9(13)8-5-7(12)3-6-4-10(15)14-11(6)8/h3,5,9H,2,4,13H2,1H3,(H,14,15). The maximum absolute atomic E-state index is 11.3. The Labute approximate surface area is 97.2 Å². The van der Waals surface area contributed by atoms with Gasteiger partial charge in [-0.25, -0.2) is 0 Å². The largest absolute Gasteiger partial charge is 0.325 e. The third-order valence-corrected chi connectivity index (χ3v) is 3.13. The Morgan fingerprint density at radius 2 is 2.33 bits per heavy atom. The molecule has 4 heteroatoms. The predicted molar refractivity (Wildman–Crippen MR) is 63.7 cm³/mol. The average molecular weight is 269 g/mol. The second-order valence-corrected chi connectivity index (χ2v) is 4.68. The van der Waals surface area contributed by atoms with Crippen LogP contribution in [0.1, 0.15) is 30.5 Å². The summed E-state index contributed by atoms with van der Waals surface area (Å²) in [5.74, 6) is 0.0488. The quantitative estimate of drug-likeness (QED) is 0.865. The van der Waals surface area contributed by atoms with Crippen molar-refractivity contribution in [2.75, 3.05) is 5.32 Å². The zero-order chi connectivity index (χ0) is 11.0. The molecule has 1 unspecified atom stereocenters. The highest BCUT2D eigenvalue weighted by atomic mass is 79.9. The van der Waals surface area contributed by atoms with E-state index in [1.54, 1.807) is 0 Å². The summed E-state index contributed by atoms with van der Waals surface area (Å²) in [6.07, 6.45) is 1.32. The Hall–Kier alpha value is -0.870. The average Bonchev–Trinajstić information content (AvgIpc) is 2.55. The first kappa shape index (κ1) is 10.6. The van der Waals surface area contributed by atoms with Gasteiger partial charge < -0.3 is 11.1 Å². The van der Waals surface area contributed by atoms with Crippen LogP contribution in [0.15, 0.2) is 16.6 Å². The predicted octanol–water partition coefficient (Wildman–Crippen LogP) is 2.35. The molecule has 3 N–H and O–H groups in total. The van der Waals surface area contributed by atoms with Crippen molar-refractivity contribution < 1.29 is 4.79 Å². The SMILES string of the molecule is CCC(N)c1cc(Br)cc2c1NC(=O)C2. The number of nitrogens with one attached hydrogen (secondary N) is 1. The maximum atomic E-state index is 11.3. The molecule has 1 amide bonds. The number of nitrogens with two attached hydrogens (primary N) is 1. The number of carbonyl (C=O) groups excluding carboxylic acids is 1. The first-order chi connectivity index (χ1) is 7.11. The minimum Gasteiger partial charge on any atom is -0.325 e. The van der Waals surface area contributed by atoms with Gasteiger partial charge in [0.05, 0.1) is 6.42 Å². The van der Waals surface area contributed by atoms with Crippen molar-refractivity contribution in [1.29, 1.82) is 0 Å². The molecule has 2 rings (SSSR count). The van der Waals surface area contributed by atoms with Crippen LogP contribution in [0, 0.1) is 0 Å². The summed E-state index contributed by atoms with van der Waals surface area (Å²) in [7, 11) is 0. The zero-order valence-corrected chi connectivity index (χ0v) is 10.1. The summed E-state index contributed by atoms with van der Waals surface area (Å²) < 4.78 is 0.983. The Morgan fingerprint density at radius 3 is 3.00 bits per heavy atom. The van der Waals surface area contributed by atoms with Crippen molar-refractivity contribution in [3.63, 3.8) is 0 Å². The first-order valence-corrected chi connectivity index (χ1v) is 5.79. The molecule has 0 bridgehead atoms. The summed E-state index contributed by atoms with van der Waals surface area (Å²) in [6.45, 7) is 2.04. The Kier molecular flexibility index (Phi) is 2.80. The summed E-state index contributed by atoms with van der Waals surface area (Å²) in [5.41, 5.74) is 8.98. The fraction of sp³-hybridized carbons (Fsp3) is 0.364. The number of hydrogen-bond donors (Lipinski definition) is 2. The molecule has 0 saturated heterocycles. The van der Waals surface area contributed by atoms with Crippen molar-refractivity contribution in [1.82, 2.24) is 0 Å². The normalized spacial score (nSPS) is 16.1. The number of hydrogen-bond acceptors (Lipinski definition) is 2. The minimum absolute atomic E-state index is 0.0188. The Balaban J connectivity index is 2.51. The van der Waals surface area contributed by atoms with E-state index in [1.165, 1.54) is 0 Å². The maximum Gasteiger partial charge on any atom is 0.228 e. The summed E-state index contributed by atoms with van der Waals surface area (Å²) in [6, 6.07) is 3.94. The van der Waals surface area contributed by atoms with E-state index >= 15 is 0 Å². The molecule has 1 heterocycles. The molecule has 1 aromatic carbocycles. The fourth-order valence-corrected chi connectivity index (χ4v) is 2.37. The van der Waals surface area contributed by atoms with Gasteiger partial charge in [-0.05, 0) is 29.7 Å². The molecule has 3 nitrogen and oxygen atoms in total. The second kappa shape index (κ2) is 3.94. The molecule has 0 radical (unpaired) electrons. The third kappa shape index (κ3) is 1.92. The highest BCUT2D eigenvalue weighted by Gasteiger charge is 2.23. The van der Waals surface area contributed by atoms with Crippen LogP contribution in [0.2, 0.25) is 0 Å². The van der Waals surface area contributed by atoms with Crippen LogP contribution in [0.5, 0.6) is 0 Å². The lowest BCUT2D eigenvalue weighted by Gasteiger charge is -2.14. The van der Waals surface area contributed by atoms with E-state index in [2.05, 4.69) is 21.2 Å². The van der Waals surface area contributed by atoms with Crippen molar-refractivity contribution >= 4 is 27.5 Å². The molecule has 0 fully saturated rings. The van der Waals surface area contributed by atoms with E-state index in [1.807, 2.05) is 19.1 Å². The van der Waals surface area contributed by atoms with Crippen molar-refractivity contribution in [2.45, 2.75) is 25.8 Å². The lowest BCUT2D eigenvalue weighted by Crippen LogP contribution is -2.12. The Bertz CT molecular complexity index is 417. The van der Waals surface area contributed by atoms with Gasteiger partial charge in [0.25, 0.3) is 0 Å². The van der Waals surface area contributed by atoms with Gasteiger partial charge in [0.15, 0.2) is 0 Å². The number of benzene rings is 1. The lowest BCUT2D eigenvalue weighted by atomic mass is 10.0. The van der Waals surface area contributed by atoms with Crippen LogP contribution in [-0.4, -0.2) is 5.91 Å². The van der Waals surface area contributed by atoms with E-state index in [9.17, 15) is 4.79 Å². The van der Waals surface area contributed by atoms with Crippen molar-refractivity contribution in [3.05, 3.63) is 27.7 Å². The third-order valence-electron chi connectivity index (χ3n) is 2.67. The van der Waals surface area contributed by atoms with Crippen LogP contribution in [0.3, 0.4) is 0 Å². The molecule has 15 heavy (non-hydrogen) atoms. The van der Waals surface area contributed by atoms with Crippen LogP contribution in [0.25, 0.3) is 0 Å². The van der Waals surface area contributed by atoms with Gasteiger partial charge in [0.2, 0.25) is 5.91 Å². The van der Waals surface area contributed by atoms with E-state index < -0.39 is 0 Å². The smallest absolute Gasteiger partial charge is 0.228 e. The van der Waals surface area contributed by atoms with Crippen LogP contribution < -0.4 is 11.1 Å². The molecular formula is C11H13BrN2O.